The van der Waals surface area contributed by atoms with Crippen molar-refractivity contribution in [2.75, 3.05) is 27.9 Å². The second kappa shape index (κ2) is 7.93. The molecule has 0 bridgehead atoms. The fourth-order valence-electron chi connectivity index (χ4n) is 2.83. The molecule has 1 amide bonds. The van der Waals surface area contributed by atoms with Crippen LogP contribution >= 0.6 is 0 Å². The Morgan fingerprint density at radius 1 is 1.04 bits per heavy atom. The molecule has 6 nitrogen and oxygen atoms in total. The first kappa shape index (κ1) is 17.8. The summed E-state index contributed by atoms with van der Waals surface area (Å²) in [7, 11) is 4.76. The third kappa shape index (κ3) is 3.50. The van der Waals surface area contributed by atoms with Gasteiger partial charge in [0.05, 0.1) is 14.2 Å². The molecule has 1 atom stereocenters. The number of nitrogens with one attached hydrogen (secondary N) is 1. The van der Waals surface area contributed by atoms with Crippen molar-refractivity contribution in [1.29, 1.82) is 0 Å². The molecule has 6 heteroatoms. The quantitative estimate of drug-likeness (QED) is 0.702. The normalized spacial score (nSPS) is 12.0. The molecule has 3 rings (SSSR count). The molecule has 0 aliphatic carbocycles. The Balaban J connectivity index is 1.75. The Labute approximate surface area is 151 Å². The van der Waals surface area contributed by atoms with Crippen molar-refractivity contribution in [3.63, 3.8) is 0 Å². The third-order valence-corrected chi connectivity index (χ3v) is 4.17. The van der Waals surface area contributed by atoms with Gasteiger partial charge in [-0.1, -0.05) is 30.3 Å². The number of amides is 1. The molecule has 0 radical (unpaired) electrons. The molecule has 0 spiro atoms. The first-order valence-corrected chi connectivity index (χ1v) is 8.18. The zero-order valence-corrected chi connectivity index (χ0v) is 14.9. The van der Waals surface area contributed by atoms with Gasteiger partial charge in [-0.25, -0.2) is 0 Å². The first-order valence-electron chi connectivity index (χ1n) is 8.18. The predicted octanol–water partition coefficient (Wildman–Crippen LogP) is 3.57. The molecule has 136 valence electrons. The van der Waals surface area contributed by atoms with Gasteiger partial charge in [0.1, 0.15) is 11.9 Å². The molecule has 0 saturated heterocycles. The van der Waals surface area contributed by atoms with Crippen LogP contribution in [0.5, 0.6) is 11.5 Å². The minimum absolute atomic E-state index is 0.222. The molecule has 0 saturated carbocycles. The van der Waals surface area contributed by atoms with Gasteiger partial charge in [0.15, 0.2) is 17.1 Å². The molecule has 26 heavy (non-hydrogen) atoms. The summed E-state index contributed by atoms with van der Waals surface area (Å²) in [6, 6.07) is 14.7. The van der Waals surface area contributed by atoms with E-state index in [1.165, 1.54) is 0 Å². The number of fused-ring (bicyclic) bond motifs is 1. The molecule has 0 fully saturated rings. The van der Waals surface area contributed by atoms with Crippen LogP contribution in [-0.4, -0.2) is 33.8 Å². The summed E-state index contributed by atoms with van der Waals surface area (Å²) < 4.78 is 21.8. The van der Waals surface area contributed by atoms with Crippen molar-refractivity contribution in [3.05, 3.63) is 59.9 Å². The van der Waals surface area contributed by atoms with Crippen LogP contribution in [-0.2, 0) is 4.74 Å². The van der Waals surface area contributed by atoms with Gasteiger partial charge in [0, 0.05) is 24.6 Å². The maximum atomic E-state index is 12.5. The van der Waals surface area contributed by atoms with Crippen LogP contribution in [0.1, 0.15) is 22.2 Å². The van der Waals surface area contributed by atoms with Crippen LogP contribution in [0.4, 0.5) is 0 Å². The SMILES string of the molecule is COc1ccccc1C(CNC(=O)c1cc2cccc(OC)c2o1)OC. The molecular weight excluding hydrogens is 334 g/mol. The smallest absolute Gasteiger partial charge is 0.287 e. The Bertz CT molecular complexity index is 902. The molecule has 1 heterocycles. The zero-order valence-electron chi connectivity index (χ0n) is 14.9. The van der Waals surface area contributed by atoms with E-state index in [0.717, 1.165) is 10.9 Å². The van der Waals surface area contributed by atoms with Crippen LogP contribution in [0.2, 0.25) is 0 Å². The highest BCUT2D eigenvalue weighted by Gasteiger charge is 2.19. The van der Waals surface area contributed by atoms with E-state index in [1.54, 1.807) is 33.5 Å². The van der Waals surface area contributed by atoms with Crippen LogP contribution < -0.4 is 14.8 Å². The van der Waals surface area contributed by atoms with Crippen molar-refractivity contribution >= 4 is 16.9 Å². The monoisotopic (exact) mass is 355 g/mol. The van der Waals surface area contributed by atoms with Gasteiger partial charge in [-0.3, -0.25) is 4.79 Å². The summed E-state index contributed by atoms with van der Waals surface area (Å²) in [5, 5.41) is 3.65. The van der Waals surface area contributed by atoms with Gasteiger partial charge in [-0.2, -0.15) is 0 Å². The number of methoxy groups -OCH3 is 3. The van der Waals surface area contributed by atoms with E-state index in [9.17, 15) is 4.79 Å². The van der Waals surface area contributed by atoms with Gasteiger partial charge in [-0.05, 0) is 18.2 Å². The number of hydrogen-bond acceptors (Lipinski definition) is 5. The Morgan fingerprint density at radius 3 is 2.50 bits per heavy atom. The minimum Gasteiger partial charge on any atom is -0.496 e. The largest absolute Gasteiger partial charge is 0.496 e. The fraction of sp³-hybridized carbons (Fsp3) is 0.250. The standard InChI is InChI=1S/C20H21NO5/c1-23-15-9-5-4-8-14(15)18(25-3)12-21-20(22)17-11-13-7-6-10-16(24-2)19(13)26-17/h4-11,18H,12H2,1-3H3,(H,21,22). The van der Waals surface area contributed by atoms with E-state index in [2.05, 4.69) is 5.32 Å². The van der Waals surface area contributed by atoms with E-state index in [1.807, 2.05) is 36.4 Å². The molecule has 0 aliphatic heterocycles. The number of ether oxygens (including phenoxy) is 3. The number of hydrogen-bond donors (Lipinski definition) is 1. The lowest BCUT2D eigenvalue weighted by atomic mass is 10.1. The summed E-state index contributed by atoms with van der Waals surface area (Å²) in [6.07, 6.45) is -0.339. The van der Waals surface area contributed by atoms with Crippen LogP contribution in [0.3, 0.4) is 0 Å². The van der Waals surface area contributed by atoms with E-state index in [4.69, 9.17) is 18.6 Å². The Kier molecular flexibility index (Phi) is 5.43. The maximum absolute atomic E-state index is 12.5. The second-order valence-corrected chi connectivity index (χ2v) is 5.67. The topological polar surface area (TPSA) is 69.9 Å². The Hall–Kier alpha value is -2.99. The average molecular weight is 355 g/mol. The second-order valence-electron chi connectivity index (χ2n) is 5.67. The first-order chi connectivity index (χ1) is 12.7. The number of carbonyl (C=O) groups is 1. The third-order valence-electron chi connectivity index (χ3n) is 4.17. The zero-order chi connectivity index (χ0) is 18.5. The lowest BCUT2D eigenvalue weighted by Crippen LogP contribution is -2.29. The van der Waals surface area contributed by atoms with Crippen molar-refractivity contribution in [2.45, 2.75) is 6.10 Å². The summed E-state index contributed by atoms with van der Waals surface area (Å²) in [6.45, 7) is 0.282. The van der Waals surface area contributed by atoms with Crippen molar-refractivity contribution in [1.82, 2.24) is 5.32 Å². The van der Waals surface area contributed by atoms with E-state index in [0.29, 0.717) is 17.1 Å². The lowest BCUT2D eigenvalue weighted by molar-refractivity contribution is 0.0801. The van der Waals surface area contributed by atoms with Gasteiger partial charge in [0.2, 0.25) is 0 Å². The van der Waals surface area contributed by atoms with E-state index < -0.39 is 0 Å². The molecule has 2 aromatic carbocycles. The summed E-state index contributed by atoms with van der Waals surface area (Å²) >= 11 is 0. The fourth-order valence-corrected chi connectivity index (χ4v) is 2.83. The molecule has 0 aliphatic rings. The number of furan rings is 1. The average Bonchev–Trinajstić information content (AvgIpc) is 3.13. The summed E-state index contributed by atoms with van der Waals surface area (Å²) in [5.74, 6) is 1.20. The van der Waals surface area contributed by atoms with Crippen LogP contribution in [0.25, 0.3) is 11.0 Å². The molecule has 3 aromatic rings. The van der Waals surface area contributed by atoms with E-state index >= 15 is 0 Å². The van der Waals surface area contributed by atoms with Gasteiger partial charge < -0.3 is 23.9 Å². The van der Waals surface area contributed by atoms with Crippen molar-refractivity contribution < 1.29 is 23.4 Å². The van der Waals surface area contributed by atoms with Crippen molar-refractivity contribution in [3.8, 4) is 11.5 Å². The summed E-state index contributed by atoms with van der Waals surface area (Å²) in [5.41, 5.74) is 1.41. The number of rotatable bonds is 7. The molecule has 1 unspecified atom stereocenters. The highest BCUT2D eigenvalue weighted by molar-refractivity contribution is 5.97. The number of para-hydroxylation sites is 2. The maximum Gasteiger partial charge on any atom is 0.287 e. The van der Waals surface area contributed by atoms with Crippen LogP contribution in [0, 0.1) is 0 Å². The minimum atomic E-state index is -0.339. The van der Waals surface area contributed by atoms with Gasteiger partial charge in [-0.15, -0.1) is 0 Å². The highest BCUT2D eigenvalue weighted by atomic mass is 16.5. The summed E-state index contributed by atoms with van der Waals surface area (Å²) in [4.78, 5) is 12.5. The number of carbonyl (C=O) groups excluding carboxylic acids is 1. The molecule has 1 N–H and O–H groups in total. The van der Waals surface area contributed by atoms with Gasteiger partial charge in [0.25, 0.3) is 5.91 Å². The molecule has 1 aromatic heterocycles. The Morgan fingerprint density at radius 2 is 1.77 bits per heavy atom. The highest BCUT2D eigenvalue weighted by Crippen LogP contribution is 2.29. The molecular formula is C20H21NO5. The number of benzene rings is 2. The predicted molar refractivity (Wildman–Crippen MR) is 97.8 cm³/mol. The van der Waals surface area contributed by atoms with Crippen molar-refractivity contribution in [2.24, 2.45) is 0 Å². The van der Waals surface area contributed by atoms with Gasteiger partial charge >= 0.3 is 0 Å². The van der Waals surface area contributed by atoms with Crippen LogP contribution in [0.15, 0.2) is 52.9 Å². The van der Waals surface area contributed by atoms with E-state index in [-0.39, 0.29) is 24.3 Å². The lowest BCUT2D eigenvalue weighted by Gasteiger charge is -2.18.